The Morgan fingerprint density at radius 3 is 1.17 bits per heavy atom. The smallest absolute Gasteiger partial charge is 1.00 e. The van der Waals surface area contributed by atoms with E-state index in [4.69, 9.17) is 11.6 Å². The van der Waals surface area contributed by atoms with Crippen molar-refractivity contribution in [3.63, 3.8) is 0 Å². The van der Waals surface area contributed by atoms with E-state index in [0.717, 1.165) is 10.4 Å². The van der Waals surface area contributed by atoms with E-state index < -0.39 is 15.8 Å². The molecule has 0 saturated carbocycles. The van der Waals surface area contributed by atoms with Crippen LogP contribution in [0.5, 0.6) is 0 Å². The number of hydrogen-bond donors (Lipinski definition) is 0. The fourth-order valence-corrected chi connectivity index (χ4v) is 13.4. The van der Waals surface area contributed by atoms with Gasteiger partial charge in [-0.25, -0.2) is 0 Å². The van der Waals surface area contributed by atoms with Gasteiger partial charge < -0.3 is 24.8 Å². The third kappa shape index (κ3) is 11.3. The number of aryl methyl sites for hydroxylation is 5. The second kappa shape index (κ2) is 22.8. The van der Waals surface area contributed by atoms with E-state index in [1.807, 2.05) is 0 Å². The molecule has 324 valence electrons. The fraction of sp³-hybridized carbons (Fsp3) is 0.138. The number of fused-ring (bicyclic) bond motifs is 2. The Kier molecular flexibility index (Phi) is 18.2. The van der Waals surface area contributed by atoms with Crippen molar-refractivity contribution in [1.82, 2.24) is 0 Å². The van der Waals surface area contributed by atoms with Gasteiger partial charge in [0.2, 0.25) is 0 Å². The van der Waals surface area contributed by atoms with Crippen molar-refractivity contribution in [3.8, 4) is 11.1 Å². The van der Waals surface area contributed by atoms with Gasteiger partial charge in [0, 0.05) is 10.9 Å². The Balaban J connectivity index is 0.000000527. The molecule has 0 atom stereocenters. The topological polar surface area (TPSA) is 0 Å². The van der Waals surface area contributed by atoms with Gasteiger partial charge >= 0.3 is 19.5 Å². The van der Waals surface area contributed by atoms with Crippen LogP contribution in [0.2, 0.25) is 5.02 Å². The van der Waals surface area contributed by atoms with E-state index in [9.17, 15) is 0 Å². The standard InChI is InChI=1S/C48H39ClP2.C10H14.2ClH.Ru/c1-32-13-22-38(23-14-32)50(39-24-15-33(2)16-25-39)45-30-21-36-9-5-7-11-42(36)46(45)47-43-12-8-6-10-37(43)31-44(49)48(47)51(40-26-17-34(3)18-27-40)41-28-19-35(4)20-29-41;1-8(2)10-6-4-9(3)5-7-10;;;/h5-31H,1-4H3;4-8H,1-3H3;2*1H;/q;;;;+2/p-2. The number of benzene rings is 9. The molecule has 0 aliphatic rings. The average molecular weight is 1020 g/mol. The Labute approximate surface area is 414 Å². The molecule has 0 fully saturated rings. The largest absolute Gasteiger partial charge is 2.00 e. The van der Waals surface area contributed by atoms with Crippen LogP contribution in [-0.4, -0.2) is 0 Å². The summed E-state index contributed by atoms with van der Waals surface area (Å²) in [5.74, 6) is 0.653. The van der Waals surface area contributed by atoms with Crippen LogP contribution in [0.25, 0.3) is 32.7 Å². The summed E-state index contributed by atoms with van der Waals surface area (Å²) in [7, 11) is -1.98. The Bertz CT molecular complexity index is 2840. The molecule has 0 aliphatic carbocycles. The molecular formula is C58H53Cl3P2Ru. The summed E-state index contributed by atoms with van der Waals surface area (Å²) in [5, 5.41) is 13.5. The molecule has 0 nitrogen and oxygen atoms in total. The van der Waals surface area contributed by atoms with Crippen LogP contribution in [0.3, 0.4) is 0 Å². The molecule has 0 bridgehead atoms. The average Bonchev–Trinajstić information content (AvgIpc) is 3.27. The molecular weight excluding hydrogens is 966 g/mol. The molecule has 0 radical (unpaired) electrons. The van der Waals surface area contributed by atoms with Crippen molar-refractivity contribution in [1.29, 1.82) is 0 Å². The molecule has 0 aliphatic heterocycles. The number of hydrogen-bond acceptors (Lipinski definition) is 0. The van der Waals surface area contributed by atoms with Crippen molar-refractivity contribution in [3.05, 3.63) is 226 Å². The van der Waals surface area contributed by atoms with Crippen molar-refractivity contribution < 1.29 is 44.3 Å². The van der Waals surface area contributed by atoms with Crippen LogP contribution in [0.15, 0.2) is 188 Å². The number of halogens is 3. The molecule has 9 rings (SSSR count). The van der Waals surface area contributed by atoms with E-state index in [2.05, 4.69) is 237 Å². The van der Waals surface area contributed by atoms with Crippen LogP contribution in [0, 0.1) is 34.6 Å². The van der Waals surface area contributed by atoms with Gasteiger partial charge in [-0.05, 0) is 122 Å². The molecule has 0 N–H and O–H groups in total. The summed E-state index contributed by atoms with van der Waals surface area (Å²) in [6.07, 6.45) is 0. The van der Waals surface area contributed by atoms with Crippen LogP contribution in [0.4, 0.5) is 0 Å². The van der Waals surface area contributed by atoms with Gasteiger partial charge in [0.25, 0.3) is 0 Å². The van der Waals surface area contributed by atoms with E-state index in [1.54, 1.807) is 0 Å². The molecule has 9 aromatic rings. The summed E-state index contributed by atoms with van der Waals surface area (Å²) < 4.78 is 0. The molecule has 0 unspecified atom stereocenters. The van der Waals surface area contributed by atoms with Crippen LogP contribution in [0.1, 0.15) is 53.1 Å². The van der Waals surface area contributed by atoms with Gasteiger partial charge in [-0.1, -0.05) is 235 Å². The Hall–Kier alpha value is -4.15. The van der Waals surface area contributed by atoms with Crippen LogP contribution >= 0.6 is 27.4 Å². The normalized spacial score (nSPS) is 10.9. The van der Waals surface area contributed by atoms with Gasteiger partial charge in [-0.3, -0.25) is 0 Å². The first kappa shape index (κ1) is 50.8. The van der Waals surface area contributed by atoms with Gasteiger partial charge in [-0.2, -0.15) is 0 Å². The zero-order valence-corrected chi connectivity index (χ0v) is 43.2. The maximum absolute atomic E-state index is 7.69. The number of rotatable bonds is 8. The SMILES string of the molecule is Cc1ccc(C(C)C)cc1.Cc1ccc(P(c2ccc(C)cc2)c2ccc3ccccc3c2-c2c(P(c3ccc(C)cc3)c3ccc(C)cc3)c(Cl)cc3ccccc23)cc1.[Cl-].[Cl-].[Ru+2]. The predicted octanol–water partition coefficient (Wildman–Crippen LogP) is 8.19. The van der Waals surface area contributed by atoms with Crippen LogP contribution in [-0.2, 0) is 19.5 Å². The molecule has 0 saturated heterocycles. The summed E-state index contributed by atoms with van der Waals surface area (Å²) in [4.78, 5) is 0. The minimum atomic E-state index is -1.04. The first-order valence-corrected chi connectivity index (χ1v) is 24.3. The van der Waals surface area contributed by atoms with Crippen molar-refractivity contribution >= 4 is 80.8 Å². The quantitative estimate of drug-likeness (QED) is 0.107. The summed E-state index contributed by atoms with van der Waals surface area (Å²) >= 11 is 7.69. The second-order valence-electron chi connectivity index (χ2n) is 16.6. The molecule has 0 amide bonds. The molecule has 0 aromatic heterocycles. The maximum atomic E-state index is 7.69. The summed E-state index contributed by atoms with van der Waals surface area (Å²) in [6, 6.07) is 69.9. The van der Waals surface area contributed by atoms with Gasteiger partial charge in [0.15, 0.2) is 0 Å². The van der Waals surface area contributed by atoms with E-state index >= 15 is 0 Å². The van der Waals surface area contributed by atoms with Crippen LogP contribution < -0.4 is 56.6 Å². The van der Waals surface area contributed by atoms with Crippen molar-refractivity contribution in [2.75, 3.05) is 0 Å². The molecule has 9 aromatic carbocycles. The van der Waals surface area contributed by atoms with Crippen molar-refractivity contribution in [2.45, 2.75) is 54.4 Å². The van der Waals surface area contributed by atoms with Crippen molar-refractivity contribution in [2.24, 2.45) is 0 Å². The van der Waals surface area contributed by atoms with Gasteiger partial charge in [-0.15, -0.1) is 0 Å². The summed E-state index contributed by atoms with van der Waals surface area (Å²) in [6.45, 7) is 15.2. The molecule has 6 heteroatoms. The monoisotopic (exact) mass is 1020 g/mol. The Morgan fingerprint density at radius 2 is 0.750 bits per heavy atom. The van der Waals surface area contributed by atoms with E-state index in [1.165, 1.54) is 92.5 Å². The first-order chi connectivity index (χ1) is 29.5. The first-order valence-electron chi connectivity index (χ1n) is 21.2. The summed E-state index contributed by atoms with van der Waals surface area (Å²) in [5.41, 5.74) is 10.3. The maximum Gasteiger partial charge on any atom is 2.00 e. The van der Waals surface area contributed by atoms with E-state index in [-0.39, 0.29) is 44.3 Å². The minimum absolute atomic E-state index is 0. The zero-order valence-electron chi connectivity index (χ0n) is 37.4. The predicted molar refractivity (Wildman–Crippen MR) is 274 cm³/mol. The molecule has 64 heavy (non-hydrogen) atoms. The van der Waals surface area contributed by atoms with Gasteiger partial charge in [0.1, 0.15) is 0 Å². The Morgan fingerprint density at radius 1 is 0.391 bits per heavy atom. The molecule has 0 spiro atoms. The molecule has 0 heterocycles. The fourth-order valence-electron chi connectivity index (χ4n) is 8.04. The van der Waals surface area contributed by atoms with Gasteiger partial charge in [0.05, 0.1) is 5.02 Å². The minimum Gasteiger partial charge on any atom is -1.00 e. The second-order valence-corrected chi connectivity index (χ2v) is 21.3. The third-order valence-electron chi connectivity index (χ3n) is 11.5. The van der Waals surface area contributed by atoms with E-state index in [0.29, 0.717) is 5.92 Å². The third-order valence-corrected chi connectivity index (χ3v) is 17.0. The zero-order chi connectivity index (χ0) is 42.6.